The van der Waals surface area contributed by atoms with Gasteiger partial charge in [-0.3, -0.25) is 9.59 Å². The first kappa shape index (κ1) is 20.6. The van der Waals surface area contributed by atoms with Gasteiger partial charge in [0.2, 0.25) is 0 Å². The van der Waals surface area contributed by atoms with E-state index in [9.17, 15) is 14.4 Å². The van der Waals surface area contributed by atoms with Crippen LogP contribution in [-0.4, -0.2) is 36.2 Å². The molecular formula is C29H23NO4. The monoisotopic (exact) mass is 449 g/mol. The molecular weight excluding hydrogens is 426 g/mol. The van der Waals surface area contributed by atoms with E-state index in [1.54, 1.807) is 31.2 Å². The number of ketones is 2. The quantitative estimate of drug-likeness (QED) is 0.429. The summed E-state index contributed by atoms with van der Waals surface area (Å²) in [7, 11) is 0. The van der Waals surface area contributed by atoms with E-state index in [-0.39, 0.29) is 18.2 Å². The van der Waals surface area contributed by atoms with Crippen molar-refractivity contribution in [3.05, 3.63) is 107 Å². The zero-order valence-electron chi connectivity index (χ0n) is 18.7. The summed E-state index contributed by atoms with van der Waals surface area (Å²) in [5, 5.41) is 0. The molecule has 34 heavy (non-hydrogen) atoms. The average Bonchev–Trinajstić information content (AvgIpc) is 3.31. The van der Waals surface area contributed by atoms with Crippen molar-refractivity contribution in [2.45, 2.75) is 24.9 Å². The smallest absolute Gasteiger partial charge is 0.329 e. The molecule has 6 rings (SSSR count). The molecule has 2 heterocycles. The van der Waals surface area contributed by atoms with Crippen LogP contribution in [-0.2, 0) is 9.53 Å². The van der Waals surface area contributed by atoms with Crippen molar-refractivity contribution in [2.75, 3.05) is 11.5 Å². The van der Waals surface area contributed by atoms with Crippen molar-refractivity contribution < 1.29 is 19.1 Å². The van der Waals surface area contributed by atoms with E-state index in [0.717, 1.165) is 16.8 Å². The lowest BCUT2D eigenvalue weighted by Gasteiger charge is -2.36. The van der Waals surface area contributed by atoms with Crippen LogP contribution in [0.5, 0.6) is 0 Å². The van der Waals surface area contributed by atoms with Gasteiger partial charge in [0.05, 0.1) is 12.6 Å². The van der Waals surface area contributed by atoms with Crippen LogP contribution in [0.2, 0.25) is 0 Å². The largest absolute Gasteiger partial charge is 0.464 e. The summed E-state index contributed by atoms with van der Waals surface area (Å²) in [6, 6.07) is 22.7. The van der Waals surface area contributed by atoms with Gasteiger partial charge >= 0.3 is 5.97 Å². The highest BCUT2D eigenvalue weighted by Crippen LogP contribution is 2.60. The van der Waals surface area contributed by atoms with Crippen LogP contribution in [0.4, 0.5) is 5.69 Å². The lowest BCUT2D eigenvalue weighted by atomic mass is 9.65. The number of benzene rings is 3. The third-order valence-electron chi connectivity index (χ3n) is 7.40. The summed E-state index contributed by atoms with van der Waals surface area (Å²) in [4.78, 5) is 44.1. The van der Waals surface area contributed by atoms with Crippen molar-refractivity contribution in [3.63, 3.8) is 0 Å². The van der Waals surface area contributed by atoms with E-state index in [1.165, 1.54) is 0 Å². The topological polar surface area (TPSA) is 63.7 Å². The zero-order chi connectivity index (χ0) is 23.4. The zero-order valence-corrected chi connectivity index (χ0v) is 18.7. The Balaban J connectivity index is 1.68. The molecule has 0 radical (unpaired) electrons. The number of rotatable bonds is 3. The van der Waals surface area contributed by atoms with E-state index in [0.29, 0.717) is 11.1 Å². The fraction of sp³-hybridized carbons (Fsp3) is 0.207. The van der Waals surface area contributed by atoms with Crippen molar-refractivity contribution in [3.8, 4) is 0 Å². The predicted octanol–water partition coefficient (Wildman–Crippen LogP) is 4.68. The highest BCUT2D eigenvalue weighted by Gasteiger charge is 2.71. The second-order valence-corrected chi connectivity index (χ2v) is 8.93. The fourth-order valence-corrected chi connectivity index (χ4v) is 6.15. The molecule has 0 saturated carbocycles. The Morgan fingerprint density at radius 1 is 0.882 bits per heavy atom. The second kappa shape index (κ2) is 7.52. The summed E-state index contributed by atoms with van der Waals surface area (Å²) in [5.74, 6) is -1.60. The summed E-state index contributed by atoms with van der Waals surface area (Å²) in [5.41, 5.74) is 1.91. The van der Waals surface area contributed by atoms with Gasteiger partial charge in [0.1, 0.15) is 11.5 Å². The third-order valence-corrected chi connectivity index (χ3v) is 7.40. The second-order valence-electron chi connectivity index (χ2n) is 8.93. The standard InChI is InChI=1S/C29H23NO4/c1-2-34-28(33)25-24(19-11-4-3-5-12-19)29(26(31)20-13-7-8-14-21(20)27(29)32)23-17-16-18-10-6-9-15-22(18)30(23)25/h3-17,23-25H,2H2,1H3/t23-,24-,25+/m0/s1. The van der Waals surface area contributed by atoms with Gasteiger partial charge in [0, 0.05) is 22.7 Å². The molecule has 2 aliphatic heterocycles. The van der Waals surface area contributed by atoms with Crippen molar-refractivity contribution in [1.29, 1.82) is 0 Å². The summed E-state index contributed by atoms with van der Waals surface area (Å²) in [6.45, 7) is 1.98. The van der Waals surface area contributed by atoms with Crippen LogP contribution in [0.25, 0.3) is 6.08 Å². The summed E-state index contributed by atoms with van der Waals surface area (Å²) < 4.78 is 5.56. The molecule has 0 bridgehead atoms. The molecule has 0 aromatic heterocycles. The normalized spacial score (nSPS) is 23.6. The minimum atomic E-state index is -1.47. The maximum atomic E-state index is 14.3. The minimum absolute atomic E-state index is 0.210. The molecule has 5 nitrogen and oxygen atoms in total. The minimum Gasteiger partial charge on any atom is -0.464 e. The summed E-state index contributed by atoms with van der Waals surface area (Å²) in [6.07, 6.45) is 3.87. The van der Waals surface area contributed by atoms with Crippen molar-refractivity contribution in [2.24, 2.45) is 5.41 Å². The molecule has 168 valence electrons. The molecule has 3 aromatic rings. The van der Waals surface area contributed by atoms with E-state index in [4.69, 9.17) is 4.74 Å². The fourth-order valence-electron chi connectivity index (χ4n) is 6.15. The van der Waals surface area contributed by atoms with Crippen LogP contribution in [0.3, 0.4) is 0 Å². The molecule has 1 fully saturated rings. The maximum absolute atomic E-state index is 14.3. The number of Topliss-reactive ketones (excluding diaryl/α,β-unsaturated/α-hetero) is 2. The Hall–Kier alpha value is -3.99. The van der Waals surface area contributed by atoms with E-state index in [1.807, 2.05) is 71.6 Å². The predicted molar refractivity (Wildman–Crippen MR) is 129 cm³/mol. The Morgan fingerprint density at radius 2 is 1.50 bits per heavy atom. The first-order valence-electron chi connectivity index (χ1n) is 11.6. The lowest BCUT2D eigenvalue weighted by molar-refractivity contribution is -0.145. The number of anilines is 1. The number of hydrogen-bond acceptors (Lipinski definition) is 5. The van der Waals surface area contributed by atoms with Gasteiger partial charge in [-0.1, -0.05) is 84.9 Å². The van der Waals surface area contributed by atoms with Gasteiger partial charge in [-0.2, -0.15) is 0 Å². The Labute approximate surface area is 197 Å². The first-order chi connectivity index (χ1) is 16.6. The number of para-hydroxylation sites is 1. The molecule has 0 unspecified atom stereocenters. The van der Waals surface area contributed by atoms with Crippen LogP contribution in [0.1, 0.15) is 44.7 Å². The molecule has 1 aliphatic carbocycles. The number of fused-ring (bicyclic) bond motifs is 5. The van der Waals surface area contributed by atoms with Crippen LogP contribution < -0.4 is 4.90 Å². The van der Waals surface area contributed by atoms with Crippen molar-refractivity contribution >= 4 is 29.3 Å². The van der Waals surface area contributed by atoms with Crippen LogP contribution >= 0.6 is 0 Å². The maximum Gasteiger partial charge on any atom is 0.329 e. The molecule has 1 saturated heterocycles. The molecule has 1 spiro atoms. The summed E-state index contributed by atoms with van der Waals surface area (Å²) >= 11 is 0. The van der Waals surface area contributed by atoms with Crippen molar-refractivity contribution in [1.82, 2.24) is 0 Å². The molecule has 3 atom stereocenters. The number of carbonyl (C=O) groups is 3. The highest BCUT2D eigenvalue weighted by atomic mass is 16.5. The lowest BCUT2D eigenvalue weighted by Crippen LogP contribution is -2.48. The molecule has 0 N–H and O–H groups in total. The number of esters is 1. The van der Waals surface area contributed by atoms with Gasteiger partial charge < -0.3 is 9.64 Å². The Kier molecular flexibility index (Phi) is 4.56. The number of hydrogen-bond donors (Lipinski definition) is 0. The van der Waals surface area contributed by atoms with Gasteiger partial charge in [-0.15, -0.1) is 0 Å². The van der Waals surface area contributed by atoms with Gasteiger partial charge in [-0.25, -0.2) is 4.79 Å². The SMILES string of the molecule is CCOC(=O)[C@H]1[C@H](c2ccccc2)C2(C(=O)c3ccccc3C2=O)[C@@H]2C=Cc3ccccc3N21. The molecule has 0 amide bonds. The number of nitrogens with zero attached hydrogens (tertiary/aromatic N) is 1. The molecule has 3 aliphatic rings. The Morgan fingerprint density at radius 3 is 2.18 bits per heavy atom. The molecule has 3 aromatic carbocycles. The van der Waals surface area contributed by atoms with E-state index in [2.05, 4.69) is 0 Å². The van der Waals surface area contributed by atoms with Crippen LogP contribution in [0, 0.1) is 5.41 Å². The third kappa shape index (κ3) is 2.52. The van der Waals surface area contributed by atoms with Gasteiger partial charge in [-0.05, 0) is 24.1 Å². The Bertz CT molecular complexity index is 1320. The van der Waals surface area contributed by atoms with Gasteiger partial charge in [0.25, 0.3) is 0 Å². The van der Waals surface area contributed by atoms with E-state index >= 15 is 0 Å². The highest BCUT2D eigenvalue weighted by molar-refractivity contribution is 6.32. The molecule has 5 heteroatoms. The average molecular weight is 450 g/mol. The first-order valence-corrected chi connectivity index (χ1v) is 11.6. The number of ether oxygens (including phenoxy) is 1. The number of carbonyl (C=O) groups excluding carboxylic acids is 3. The van der Waals surface area contributed by atoms with Gasteiger partial charge in [0.15, 0.2) is 11.6 Å². The van der Waals surface area contributed by atoms with Crippen LogP contribution in [0.15, 0.2) is 84.9 Å². The van der Waals surface area contributed by atoms with E-state index < -0.39 is 29.4 Å².